The standard InChI is InChI=1S/C26H26ClN9O12S3.Na/c1-2-36-22(38)19(21(28)37)16(20(23(36)39)35-34-17-5-3-4-6-18(17)50(42,43)44)13-29-25-31-24(27)32-26(33-25)30-14-7-9-15(10-8-14)49(40,41)12-11-48-51(45,46)47;/h3-10,38H,2,11-13H2,1H3,(H2,28,37)(H,42,43,44)(H,45,46,47)(H2,29,30,31,32,33);/q;+1. The van der Waals surface area contributed by atoms with E-state index in [1.807, 2.05) is 0 Å². The third-order valence-electron chi connectivity index (χ3n) is 6.56. The number of nitrogens with zero attached hydrogens (tertiary/aromatic N) is 6. The zero-order valence-electron chi connectivity index (χ0n) is 26.8. The number of benzene rings is 2. The molecule has 52 heavy (non-hydrogen) atoms. The molecule has 7 N–H and O–H groups in total. The van der Waals surface area contributed by atoms with Crippen LogP contribution < -0.4 is 51.5 Å². The van der Waals surface area contributed by atoms with Crippen molar-refractivity contribution in [2.45, 2.75) is 29.8 Å². The fourth-order valence-corrected chi connectivity index (χ4v) is 6.60. The second kappa shape index (κ2) is 17.1. The molecule has 2 aromatic carbocycles. The summed E-state index contributed by atoms with van der Waals surface area (Å²) >= 11 is 6.07. The number of halogens is 1. The Labute approximate surface area is 322 Å². The van der Waals surface area contributed by atoms with Gasteiger partial charge in [-0.2, -0.15) is 31.8 Å². The Bertz CT molecular complexity index is 2420. The van der Waals surface area contributed by atoms with E-state index in [4.69, 9.17) is 21.9 Å². The van der Waals surface area contributed by atoms with E-state index in [0.717, 1.165) is 10.6 Å². The van der Waals surface area contributed by atoms with E-state index >= 15 is 0 Å². The molecule has 272 valence electrons. The third-order valence-corrected chi connectivity index (χ3v) is 9.79. The molecule has 26 heteroatoms. The van der Waals surface area contributed by atoms with Crippen LogP contribution in [0.3, 0.4) is 0 Å². The van der Waals surface area contributed by atoms with Gasteiger partial charge in [0, 0.05) is 24.3 Å². The number of rotatable bonds is 15. The molecule has 2 heterocycles. The number of carbonyl (C=O) groups is 1. The summed E-state index contributed by atoms with van der Waals surface area (Å²) < 4.78 is 92.9. The van der Waals surface area contributed by atoms with E-state index in [1.165, 1.54) is 49.4 Å². The van der Waals surface area contributed by atoms with Gasteiger partial charge in [-0.15, -0.1) is 10.2 Å². The number of aromatic hydroxyl groups is 1. The van der Waals surface area contributed by atoms with Crippen LogP contribution in [0.25, 0.3) is 0 Å². The van der Waals surface area contributed by atoms with E-state index in [1.54, 1.807) is 0 Å². The molecule has 1 amide bonds. The molecule has 4 aromatic rings. The van der Waals surface area contributed by atoms with Crippen LogP contribution in [-0.4, -0.2) is 77.3 Å². The van der Waals surface area contributed by atoms with Gasteiger partial charge in [0.2, 0.25) is 23.1 Å². The molecule has 2 aromatic heterocycles. The zero-order valence-corrected chi connectivity index (χ0v) is 32.0. The van der Waals surface area contributed by atoms with Crippen molar-refractivity contribution < 1.29 is 78.0 Å². The average Bonchev–Trinajstić information content (AvgIpc) is 3.02. The maximum Gasteiger partial charge on any atom is 1.00 e. The van der Waals surface area contributed by atoms with Crippen LogP contribution in [0, 0.1) is 0 Å². The van der Waals surface area contributed by atoms with Crippen LogP contribution in [0.1, 0.15) is 22.8 Å². The summed E-state index contributed by atoms with van der Waals surface area (Å²) in [5, 5.41) is 23.6. The Morgan fingerprint density at radius 2 is 1.62 bits per heavy atom. The first-order valence-corrected chi connectivity index (χ1v) is 18.8. The molecule has 0 aliphatic rings. The molecular weight excluding hydrogens is 785 g/mol. The number of hydrogen-bond acceptors (Lipinski definition) is 17. The molecule has 0 atom stereocenters. The molecule has 0 saturated carbocycles. The first-order valence-electron chi connectivity index (χ1n) is 13.9. The summed E-state index contributed by atoms with van der Waals surface area (Å²) in [7, 11) is -13.6. The predicted octanol–water partition coefficient (Wildman–Crippen LogP) is -0.874. The van der Waals surface area contributed by atoms with Crippen LogP contribution in [0.2, 0.25) is 5.28 Å². The molecule has 0 radical (unpaired) electrons. The number of anilines is 3. The second-order valence-corrected chi connectivity index (χ2v) is 14.8. The number of aromatic nitrogens is 4. The van der Waals surface area contributed by atoms with Gasteiger partial charge in [0.05, 0.1) is 17.3 Å². The number of nitrogens with two attached hydrogens (primary N) is 1. The largest absolute Gasteiger partial charge is 1.00 e. The van der Waals surface area contributed by atoms with Crippen LogP contribution in [0.15, 0.2) is 73.3 Å². The van der Waals surface area contributed by atoms with E-state index in [0.29, 0.717) is 0 Å². The zero-order chi connectivity index (χ0) is 37.7. The fourth-order valence-electron chi connectivity index (χ4n) is 4.32. The van der Waals surface area contributed by atoms with Gasteiger partial charge in [0.1, 0.15) is 16.1 Å². The van der Waals surface area contributed by atoms with Gasteiger partial charge in [-0.25, -0.2) is 12.6 Å². The smallest absolute Gasteiger partial charge is 0.494 e. The minimum Gasteiger partial charge on any atom is -0.494 e. The van der Waals surface area contributed by atoms with Crippen LogP contribution in [-0.2, 0) is 47.6 Å². The van der Waals surface area contributed by atoms with E-state index in [9.17, 15) is 44.5 Å². The summed E-state index contributed by atoms with van der Waals surface area (Å²) in [5.41, 5.74) is 3.12. The second-order valence-electron chi connectivity index (χ2n) is 9.91. The molecule has 0 saturated heterocycles. The van der Waals surface area contributed by atoms with Crippen molar-refractivity contribution in [3.63, 3.8) is 0 Å². The van der Waals surface area contributed by atoms with Crippen molar-refractivity contribution in [2.75, 3.05) is 23.0 Å². The molecule has 0 aliphatic heterocycles. The van der Waals surface area contributed by atoms with Gasteiger partial charge >= 0.3 is 40.0 Å². The first-order chi connectivity index (χ1) is 23.8. The monoisotopic (exact) mass is 810 g/mol. The maximum atomic E-state index is 13.4. The molecule has 4 rings (SSSR count). The number of nitrogens with one attached hydrogen (secondary N) is 2. The van der Waals surface area contributed by atoms with Crippen LogP contribution in [0.5, 0.6) is 5.88 Å². The third kappa shape index (κ3) is 10.7. The average molecular weight is 811 g/mol. The Morgan fingerprint density at radius 1 is 0.981 bits per heavy atom. The number of amides is 1. The molecule has 0 bridgehead atoms. The summed E-state index contributed by atoms with van der Waals surface area (Å²) in [6.07, 6.45) is 0. The number of primary amides is 1. The van der Waals surface area contributed by atoms with Crippen molar-refractivity contribution in [1.29, 1.82) is 0 Å². The molecule has 0 unspecified atom stereocenters. The van der Waals surface area contributed by atoms with Gasteiger partial charge < -0.3 is 21.5 Å². The number of hydrogen-bond donors (Lipinski definition) is 6. The van der Waals surface area contributed by atoms with Gasteiger partial charge in [0.25, 0.3) is 21.6 Å². The van der Waals surface area contributed by atoms with Crippen molar-refractivity contribution in [1.82, 2.24) is 19.5 Å². The van der Waals surface area contributed by atoms with Gasteiger partial charge in [-0.05, 0) is 54.9 Å². The first kappa shape index (κ1) is 42.3. The normalized spacial score (nSPS) is 12.0. The minimum atomic E-state index is -4.82. The van der Waals surface area contributed by atoms with Crippen molar-refractivity contribution in [3.8, 4) is 5.88 Å². The quantitative estimate of drug-likeness (QED) is 0.0483. The maximum absolute atomic E-state index is 13.4. The number of pyridine rings is 1. The molecule has 0 aliphatic carbocycles. The van der Waals surface area contributed by atoms with Gasteiger partial charge in [-0.3, -0.25) is 23.3 Å². The molecule has 0 fully saturated rings. The number of azo groups is 1. The topological polar surface area (TPSA) is 325 Å². The van der Waals surface area contributed by atoms with Gasteiger partial charge in [0.15, 0.2) is 15.5 Å². The summed E-state index contributed by atoms with van der Waals surface area (Å²) in [6, 6.07) is 9.96. The van der Waals surface area contributed by atoms with Crippen LogP contribution in [0.4, 0.5) is 29.0 Å². The van der Waals surface area contributed by atoms with Crippen molar-refractivity contribution in [3.05, 3.63) is 75.3 Å². The van der Waals surface area contributed by atoms with E-state index in [2.05, 4.69) is 40.0 Å². The SMILES string of the molecule is CCn1c(O)c(C(N)=O)c(CNc2nc(Cl)nc(Nc3ccc(S(=O)(=O)CCOS(=O)(=O)O)cc3)n2)c(N=Nc2ccccc2S(=O)(=O)O)c1=O.[Na+]. The Morgan fingerprint density at radius 3 is 2.21 bits per heavy atom. The molecular formula is C26H26ClN9NaO12S3+. The van der Waals surface area contributed by atoms with Crippen molar-refractivity contribution >= 4 is 76.8 Å². The Hall–Kier alpha value is -4.11. The Balaban J connectivity index is 0.00000729. The molecule has 0 spiro atoms. The number of sulfone groups is 1. The molecule has 21 nitrogen and oxygen atoms in total. The van der Waals surface area contributed by atoms with Gasteiger partial charge in [-0.1, -0.05) is 12.1 Å². The fraction of sp³-hybridized carbons (Fsp3) is 0.192. The van der Waals surface area contributed by atoms with E-state index in [-0.39, 0.29) is 75.1 Å². The summed E-state index contributed by atoms with van der Waals surface area (Å²) in [4.78, 5) is 37.1. The van der Waals surface area contributed by atoms with Crippen molar-refractivity contribution in [2.24, 2.45) is 16.0 Å². The van der Waals surface area contributed by atoms with Crippen LogP contribution >= 0.6 is 11.6 Å². The minimum absolute atomic E-state index is 0. The van der Waals surface area contributed by atoms with E-state index < -0.39 is 82.8 Å². The number of carbonyl (C=O) groups excluding carboxylic acids is 1. The summed E-state index contributed by atoms with van der Waals surface area (Å²) in [6.45, 7) is 0.00362. The predicted molar refractivity (Wildman–Crippen MR) is 178 cm³/mol. The summed E-state index contributed by atoms with van der Waals surface area (Å²) in [5.74, 6) is -3.13. The Kier molecular flexibility index (Phi) is 13.9.